The average Bonchev–Trinajstić information content (AvgIpc) is 3.32. The summed E-state index contributed by atoms with van der Waals surface area (Å²) in [6.07, 6.45) is 3.84. The number of aryl methyl sites for hydroxylation is 2. The van der Waals surface area contributed by atoms with Crippen molar-refractivity contribution in [3.63, 3.8) is 0 Å². The van der Waals surface area contributed by atoms with Crippen LogP contribution in [0.5, 0.6) is 0 Å². The van der Waals surface area contributed by atoms with Gasteiger partial charge in [-0.3, -0.25) is 4.98 Å². The zero-order valence-corrected chi connectivity index (χ0v) is 15.8. The summed E-state index contributed by atoms with van der Waals surface area (Å²) < 4.78 is 32.8. The Hall–Kier alpha value is -2.65. The Morgan fingerprint density at radius 3 is 2.56 bits per heavy atom. The fraction of sp³-hybridized carbons (Fsp3) is 0.333. The molecule has 1 unspecified atom stereocenters. The van der Waals surface area contributed by atoms with Crippen LogP contribution in [0.1, 0.15) is 29.5 Å². The molecular formula is C18H19N5O3S. The molecule has 9 heteroatoms. The summed E-state index contributed by atoms with van der Waals surface area (Å²) in [4.78, 5) is 8.69. The molecule has 0 spiro atoms. The van der Waals surface area contributed by atoms with E-state index in [1.807, 2.05) is 13.8 Å². The van der Waals surface area contributed by atoms with Gasteiger partial charge in [0.25, 0.3) is 5.89 Å². The van der Waals surface area contributed by atoms with Crippen molar-refractivity contribution in [2.24, 2.45) is 0 Å². The van der Waals surface area contributed by atoms with E-state index in [2.05, 4.69) is 20.2 Å². The largest absolute Gasteiger partial charge is 0.419 e. The van der Waals surface area contributed by atoms with Crippen LogP contribution in [0.25, 0.3) is 11.6 Å². The molecule has 0 N–H and O–H groups in total. The molecule has 8 nitrogen and oxygen atoms in total. The number of hydrogen-bond acceptors (Lipinski definition) is 7. The Balaban J connectivity index is 1.51. The van der Waals surface area contributed by atoms with Crippen molar-refractivity contribution >= 4 is 10.0 Å². The second kappa shape index (κ2) is 6.82. The maximum atomic E-state index is 12.8. The molecule has 0 amide bonds. The highest BCUT2D eigenvalue weighted by atomic mass is 32.2. The summed E-state index contributed by atoms with van der Waals surface area (Å²) in [5.74, 6) is 0.580. The van der Waals surface area contributed by atoms with Crippen molar-refractivity contribution in [3.05, 3.63) is 53.8 Å². The first-order valence-corrected chi connectivity index (χ1v) is 10.1. The van der Waals surface area contributed by atoms with E-state index in [1.54, 1.807) is 36.7 Å². The molecule has 1 fully saturated rings. The van der Waals surface area contributed by atoms with Crippen LogP contribution in [0.3, 0.4) is 0 Å². The summed E-state index contributed by atoms with van der Waals surface area (Å²) in [6, 6.07) is 6.87. The Morgan fingerprint density at radius 1 is 1.07 bits per heavy atom. The minimum absolute atomic E-state index is 0.134. The number of sulfonamides is 1. The van der Waals surface area contributed by atoms with Gasteiger partial charge < -0.3 is 4.42 Å². The molecule has 2 aromatic heterocycles. The Labute approximate surface area is 157 Å². The second-order valence-corrected chi connectivity index (χ2v) is 8.59. The fourth-order valence-electron chi connectivity index (χ4n) is 3.01. The van der Waals surface area contributed by atoms with Crippen molar-refractivity contribution in [1.82, 2.24) is 24.5 Å². The molecule has 27 heavy (non-hydrogen) atoms. The summed E-state index contributed by atoms with van der Waals surface area (Å²) >= 11 is 0. The highest BCUT2D eigenvalue weighted by molar-refractivity contribution is 7.89. The van der Waals surface area contributed by atoms with Gasteiger partial charge in [-0.05, 0) is 32.4 Å². The zero-order valence-electron chi connectivity index (χ0n) is 15.0. The van der Waals surface area contributed by atoms with E-state index in [0.717, 1.165) is 11.3 Å². The van der Waals surface area contributed by atoms with Gasteiger partial charge in [-0.15, -0.1) is 10.2 Å². The van der Waals surface area contributed by atoms with E-state index in [9.17, 15) is 8.42 Å². The molecule has 0 bridgehead atoms. The molecule has 0 saturated carbocycles. The average molecular weight is 385 g/mol. The smallest absolute Gasteiger partial charge is 0.267 e. The van der Waals surface area contributed by atoms with Gasteiger partial charge in [-0.25, -0.2) is 13.4 Å². The van der Waals surface area contributed by atoms with E-state index < -0.39 is 10.0 Å². The van der Waals surface area contributed by atoms with Crippen molar-refractivity contribution in [1.29, 1.82) is 0 Å². The van der Waals surface area contributed by atoms with E-state index in [4.69, 9.17) is 4.42 Å². The van der Waals surface area contributed by atoms with Crippen LogP contribution in [0.4, 0.5) is 0 Å². The van der Waals surface area contributed by atoms with Crippen LogP contribution >= 0.6 is 0 Å². The molecule has 0 aliphatic carbocycles. The monoisotopic (exact) mass is 385 g/mol. The molecule has 3 heterocycles. The molecule has 4 rings (SSSR count). The van der Waals surface area contributed by atoms with Crippen LogP contribution in [-0.4, -0.2) is 46.0 Å². The van der Waals surface area contributed by atoms with Crippen molar-refractivity contribution in [3.8, 4) is 11.6 Å². The molecule has 3 aromatic rings. The Kier molecular flexibility index (Phi) is 4.48. The summed E-state index contributed by atoms with van der Waals surface area (Å²) in [7, 11) is -3.53. The minimum Gasteiger partial charge on any atom is -0.419 e. The second-order valence-electron chi connectivity index (χ2n) is 6.65. The van der Waals surface area contributed by atoms with Crippen LogP contribution in [0, 0.1) is 13.8 Å². The lowest BCUT2D eigenvalue weighted by atomic mass is 10.1. The third-order valence-electron chi connectivity index (χ3n) is 4.60. The fourth-order valence-corrected chi connectivity index (χ4v) is 4.51. The first-order chi connectivity index (χ1) is 12.9. The van der Waals surface area contributed by atoms with Crippen LogP contribution < -0.4 is 0 Å². The lowest BCUT2D eigenvalue weighted by molar-refractivity contribution is 0.439. The third-order valence-corrected chi connectivity index (χ3v) is 6.48. The maximum Gasteiger partial charge on any atom is 0.267 e. The molecule has 140 valence electrons. The maximum absolute atomic E-state index is 12.8. The molecule has 1 atom stereocenters. The predicted octanol–water partition coefficient (Wildman–Crippen LogP) is 2.32. The van der Waals surface area contributed by atoms with E-state index in [0.29, 0.717) is 36.0 Å². The number of nitrogens with zero attached hydrogens (tertiary/aromatic N) is 5. The van der Waals surface area contributed by atoms with Crippen molar-refractivity contribution in [2.45, 2.75) is 31.1 Å². The number of benzene rings is 1. The van der Waals surface area contributed by atoms with E-state index >= 15 is 0 Å². The Bertz CT molecular complexity index is 1050. The lowest BCUT2D eigenvalue weighted by Crippen LogP contribution is -2.28. The van der Waals surface area contributed by atoms with Crippen LogP contribution in [-0.2, 0) is 10.0 Å². The summed E-state index contributed by atoms with van der Waals surface area (Å²) in [6.45, 7) is 4.51. The highest BCUT2D eigenvalue weighted by Crippen LogP contribution is 2.31. The van der Waals surface area contributed by atoms with Gasteiger partial charge >= 0.3 is 0 Å². The van der Waals surface area contributed by atoms with E-state index in [1.165, 1.54) is 4.31 Å². The van der Waals surface area contributed by atoms with Gasteiger partial charge in [0.15, 0.2) is 0 Å². The molecule has 1 aromatic carbocycles. The van der Waals surface area contributed by atoms with Crippen molar-refractivity contribution < 1.29 is 12.8 Å². The van der Waals surface area contributed by atoms with Crippen LogP contribution in [0.2, 0.25) is 0 Å². The number of hydrogen-bond donors (Lipinski definition) is 0. The first kappa shape index (κ1) is 17.7. The summed E-state index contributed by atoms with van der Waals surface area (Å²) in [5.41, 5.74) is 2.32. The topological polar surface area (TPSA) is 102 Å². The SMILES string of the molecule is Cc1ccc(S(=O)(=O)N2CCC(c3nnc(-c4cnc(C)cn4)o3)C2)cc1. The highest BCUT2D eigenvalue weighted by Gasteiger charge is 2.35. The van der Waals surface area contributed by atoms with E-state index in [-0.39, 0.29) is 11.8 Å². The third kappa shape index (κ3) is 3.47. The zero-order chi connectivity index (χ0) is 19.0. The lowest BCUT2D eigenvalue weighted by Gasteiger charge is -2.16. The summed E-state index contributed by atoms with van der Waals surface area (Å²) in [5, 5.41) is 8.12. The molecule has 1 aliphatic heterocycles. The number of rotatable bonds is 4. The van der Waals surface area contributed by atoms with Gasteiger partial charge in [-0.2, -0.15) is 4.31 Å². The van der Waals surface area contributed by atoms with Crippen molar-refractivity contribution in [2.75, 3.05) is 13.1 Å². The van der Waals surface area contributed by atoms with Gasteiger partial charge in [0, 0.05) is 19.3 Å². The molecule has 1 aliphatic rings. The van der Waals surface area contributed by atoms with Gasteiger partial charge in [0.2, 0.25) is 15.9 Å². The number of aromatic nitrogens is 4. The van der Waals surface area contributed by atoms with Gasteiger partial charge in [0.05, 0.1) is 22.7 Å². The molecular weight excluding hydrogens is 366 g/mol. The molecule has 1 saturated heterocycles. The quantitative estimate of drug-likeness (QED) is 0.679. The van der Waals surface area contributed by atoms with Gasteiger partial charge in [0.1, 0.15) is 5.69 Å². The molecule has 0 radical (unpaired) electrons. The Morgan fingerprint density at radius 2 is 1.85 bits per heavy atom. The minimum atomic E-state index is -3.53. The normalized spacial score (nSPS) is 18.1. The van der Waals surface area contributed by atoms with Gasteiger partial charge in [-0.1, -0.05) is 17.7 Å². The standard InChI is InChI=1S/C18H19N5O3S/c1-12-3-5-15(6-4-12)27(24,25)23-8-7-14(11-23)17-21-22-18(26-17)16-10-19-13(2)9-20-16/h3-6,9-10,14H,7-8,11H2,1-2H3. The predicted molar refractivity (Wildman–Crippen MR) is 97.4 cm³/mol. The first-order valence-electron chi connectivity index (χ1n) is 8.63. The van der Waals surface area contributed by atoms with Crippen LogP contribution in [0.15, 0.2) is 46.0 Å².